The zero-order valence-corrected chi connectivity index (χ0v) is 20.4. The maximum atomic E-state index is 14.7. The number of benzene rings is 2. The Morgan fingerprint density at radius 1 is 0.914 bits per heavy atom. The molecule has 0 saturated heterocycles. The van der Waals surface area contributed by atoms with Gasteiger partial charge in [0.2, 0.25) is 0 Å². The molecule has 3 rings (SSSR count). The third kappa shape index (κ3) is 7.89. The summed E-state index contributed by atoms with van der Waals surface area (Å²) in [6.45, 7) is 2.23. The van der Waals surface area contributed by atoms with Gasteiger partial charge in [-0.3, -0.25) is 0 Å². The Kier molecular flexibility index (Phi) is 10.2. The fraction of sp³-hybridized carbons (Fsp3) is 0.400. The van der Waals surface area contributed by atoms with Crippen molar-refractivity contribution in [1.29, 1.82) is 5.26 Å². The summed E-state index contributed by atoms with van der Waals surface area (Å²) < 4.78 is 34.5. The Bertz CT molecular complexity index is 1090. The quantitative estimate of drug-likeness (QED) is 0.174. The van der Waals surface area contributed by atoms with Gasteiger partial charge in [0, 0.05) is 0 Å². The van der Waals surface area contributed by atoms with Gasteiger partial charge < -0.3 is 4.74 Å². The number of ether oxygens (including phenoxy) is 1. The van der Waals surface area contributed by atoms with Crippen LogP contribution in [0.4, 0.5) is 8.78 Å². The third-order valence-corrected chi connectivity index (χ3v) is 6.40. The number of unbranched alkanes of at least 4 members (excludes halogenated alkanes) is 7. The molecule has 5 heteroatoms. The summed E-state index contributed by atoms with van der Waals surface area (Å²) in [5, 5.41) is 8.83. The van der Waals surface area contributed by atoms with E-state index >= 15 is 0 Å². The van der Waals surface area contributed by atoms with Crippen LogP contribution in [0.25, 0.3) is 5.57 Å². The van der Waals surface area contributed by atoms with E-state index in [1.165, 1.54) is 93.3 Å². The first-order chi connectivity index (χ1) is 17.0. The molecule has 0 aromatic heterocycles. The Morgan fingerprint density at radius 3 is 2.11 bits per heavy atom. The van der Waals surface area contributed by atoms with Crippen LogP contribution < -0.4 is 4.74 Å². The highest BCUT2D eigenvalue weighted by Crippen LogP contribution is 2.31. The van der Waals surface area contributed by atoms with Crippen LogP contribution in [0.3, 0.4) is 0 Å². The van der Waals surface area contributed by atoms with E-state index in [4.69, 9.17) is 10.00 Å². The molecule has 0 heterocycles. The first kappa shape index (κ1) is 26.3. The number of rotatable bonds is 12. The molecule has 2 aromatic rings. The van der Waals surface area contributed by atoms with Crippen molar-refractivity contribution in [3.05, 3.63) is 82.4 Å². The number of allylic oxidation sites excluding steroid dienone is 4. The van der Waals surface area contributed by atoms with E-state index < -0.39 is 23.2 Å². The van der Waals surface area contributed by atoms with Crippen molar-refractivity contribution >= 4 is 11.5 Å². The van der Waals surface area contributed by atoms with Crippen molar-refractivity contribution < 1.29 is 18.3 Å². The molecule has 35 heavy (non-hydrogen) atoms. The van der Waals surface area contributed by atoms with Crippen LogP contribution in [0.1, 0.15) is 99.0 Å². The Hall–Kier alpha value is -3.26. The molecule has 0 aliphatic heterocycles. The highest BCUT2D eigenvalue weighted by Gasteiger charge is 2.22. The predicted octanol–water partition coefficient (Wildman–Crippen LogP) is 8.69. The lowest BCUT2D eigenvalue weighted by Crippen LogP contribution is -2.14. The van der Waals surface area contributed by atoms with Crippen molar-refractivity contribution in [2.75, 3.05) is 0 Å². The zero-order valence-electron chi connectivity index (χ0n) is 20.4. The van der Waals surface area contributed by atoms with Gasteiger partial charge >= 0.3 is 5.97 Å². The zero-order chi connectivity index (χ0) is 25.0. The summed E-state index contributed by atoms with van der Waals surface area (Å²) in [4.78, 5) is 12.4. The lowest BCUT2D eigenvalue weighted by Gasteiger charge is -2.16. The van der Waals surface area contributed by atoms with Gasteiger partial charge in [0.25, 0.3) is 0 Å². The number of halogens is 2. The van der Waals surface area contributed by atoms with E-state index in [9.17, 15) is 13.6 Å². The molecule has 1 aliphatic carbocycles. The average Bonchev–Trinajstić information content (AvgIpc) is 2.86. The average molecular weight is 478 g/mol. The first-order valence-corrected chi connectivity index (χ1v) is 12.6. The molecule has 0 N–H and O–H groups in total. The molecule has 0 bridgehead atoms. The minimum absolute atomic E-state index is 0.112. The smallest absolute Gasteiger partial charge is 0.349 e. The monoisotopic (exact) mass is 477 g/mol. The lowest BCUT2D eigenvalue weighted by molar-refractivity contribution is 0.0724. The maximum absolute atomic E-state index is 14.7. The number of esters is 1. The summed E-state index contributed by atoms with van der Waals surface area (Å²) in [5.41, 5.74) is 2.35. The van der Waals surface area contributed by atoms with Gasteiger partial charge in [-0.15, -0.1) is 0 Å². The molecule has 0 spiro atoms. The first-order valence-electron chi connectivity index (χ1n) is 12.6. The van der Waals surface area contributed by atoms with Crippen LogP contribution in [0.5, 0.6) is 5.75 Å². The van der Waals surface area contributed by atoms with Gasteiger partial charge in [-0.2, -0.15) is 5.26 Å². The van der Waals surface area contributed by atoms with Crippen molar-refractivity contribution in [2.24, 2.45) is 0 Å². The van der Waals surface area contributed by atoms with Gasteiger partial charge in [0.1, 0.15) is 22.9 Å². The van der Waals surface area contributed by atoms with Crippen molar-refractivity contribution in [2.45, 2.75) is 77.6 Å². The molecule has 2 aromatic carbocycles. The summed E-state index contributed by atoms with van der Waals surface area (Å²) in [6, 6.07) is 10.1. The summed E-state index contributed by atoms with van der Waals surface area (Å²) in [5.74, 6) is -2.90. The molecule has 0 atom stereocenters. The molecule has 0 unspecified atom stereocenters. The number of carbonyl (C=O) groups excluding carboxylic acids is 1. The molecule has 0 fully saturated rings. The van der Waals surface area contributed by atoms with E-state index in [-0.39, 0.29) is 5.75 Å². The fourth-order valence-electron chi connectivity index (χ4n) is 4.32. The van der Waals surface area contributed by atoms with Gasteiger partial charge in [0.15, 0.2) is 0 Å². The predicted molar refractivity (Wildman–Crippen MR) is 135 cm³/mol. The summed E-state index contributed by atoms with van der Waals surface area (Å²) in [7, 11) is 0. The lowest BCUT2D eigenvalue weighted by atomic mass is 9.90. The number of nitriles is 1. The van der Waals surface area contributed by atoms with E-state index in [1.807, 2.05) is 12.1 Å². The normalized spacial score (nSPS) is 13.1. The van der Waals surface area contributed by atoms with Crippen LogP contribution in [-0.2, 0) is 0 Å². The van der Waals surface area contributed by atoms with Gasteiger partial charge in [-0.25, -0.2) is 13.6 Å². The summed E-state index contributed by atoms with van der Waals surface area (Å²) in [6.07, 6.45) is 17.0. The molecule has 0 saturated carbocycles. The second-order valence-electron chi connectivity index (χ2n) is 9.08. The Labute approximate surface area is 207 Å². The van der Waals surface area contributed by atoms with Gasteiger partial charge in [-0.1, -0.05) is 69.6 Å². The molecule has 184 valence electrons. The largest absolute Gasteiger partial charge is 0.423 e. The van der Waals surface area contributed by atoms with E-state index in [0.29, 0.717) is 11.1 Å². The van der Waals surface area contributed by atoms with Crippen molar-refractivity contribution in [3.8, 4) is 11.8 Å². The topological polar surface area (TPSA) is 50.1 Å². The molecular weight excluding hydrogens is 444 g/mol. The number of hydrogen-bond donors (Lipinski definition) is 0. The van der Waals surface area contributed by atoms with Gasteiger partial charge in [-0.05, 0) is 73.2 Å². The number of hydrogen-bond acceptors (Lipinski definition) is 3. The van der Waals surface area contributed by atoms with Crippen molar-refractivity contribution in [3.63, 3.8) is 0 Å². The highest BCUT2D eigenvalue weighted by molar-refractivity contribution is 5.92. The number of carbonyl (C=O) groups is 1. The van der Waals surface area contributed by atoms with Crippen molar-refractivity contribution in [1.82, 2.24) is 0 Å². The van der Waals surface area contributed by atoms with E-state index in [1.54, 1.807) is 0 Å². The molecule has 0 amide bonds. The molecule has 3 nitrogen and oxygen atoms in total. The molecular formula is C30H33F2NO2. The standard InChI is InChI=1S/C30H33F2NO2/c1-2-3-4-5-6-7-8-9-10-22-11-15-24(16-12-22)25-19-27(31)29(28(32)20-25)30(34)35-26-17-13-23(21-33)14-18-26/h11,13-15,17-20H,2-10,12,16H2,1H3. The summed E-state index contributed by atoms with van der Waals surface area (Å²) >= 11 is 0. The van der Waals surface area contributed by atoms with E-state index in [2.05, 4.69) is 13.0 Å². The van der Waals surface area contributed by atoms with Crippen LogP contribution >= 0.6 is 0 Å². The SMILES string of the molecule is CCCCCCCCCCC1=CC=C(c2cc(F)c(C(=O)Oc3ccc(C#N)cc3)c(F)c2)CC1. The second-order valence-corrected chi connectivity index (χ2v) is 9.08. The molecule has 0 radical (unpaired) electrons. The van der Waals surface area contributed by atoms with E-state index in [0.717, 1.165) is 24.8 Å². The Morgan fingerprint density at radius 2 is 1.54 bits per heavy atom. The number of nitrogens with zero attached hydrogens (tertiary/aromatic N) is 1. The Balaban J connectivity index is 1.55. The minimum Gasteiger partial charge on any atom is -0.423 e. The molecule has 1 aliphatic rings. The maximum Gasteiger partial charge on any atom is 0.349 e. The fourth-order valence-corrected chi connectivity index (χ4v) is 4.32. The van der Waals surface area contributed by atoms with Crippen LogP contribution in [-0.4, -0.2) is 5.97 Å². The van der Waals surface area contributed by atoms with Gasteiger partial charge in [0.05, 0.1) is 11.6 Å². The van der Waals surface area contributed by atoms with Crippen LogP contribution in [0, 0.1) is 23.0 Å². The third-order valence-electron chi connectivity index (χ3n) is 6.40. The van der Waals surface area contributed by atoms with Crippen LogP contribution in [0.2, 0.25) is 0 Å². The van der Waals surface area contributed by atoms with Crippen LogP contribution in [0.15, 0.2) is 54.1 Å². The minimum atomic E-state index is -1.11. The highest BCUT2D eigenvalue weighted by atomic mass is 19.1. The second kappa shape index (κ2) is 13.6.